The van der Waals surface area contributed by atoms with E-state index in [9.17, 15) is 0 Å². The fourth-order valence-corrected chi connectivity index (χ4v) is 1.46. The Balaban J connectivity index is 2.93. The van der Waals surface area contributed by atoms with E-state index in [-0.39, 0.29) is 0 Å². The Morgan fingerprint density at radius 3 is 0.917 bits per heavy atom. The van der Waals surface area contributed by atoms with E-state index in [2.05, 4.69) is 11.8 Å². The van der Waals surface area contributed by atoms with Gasteiger partial charge in [0.15, 0.2) is 0 Å². The molecule has 0 aromatic heterocycles. The molecule has 0 aliphatic heterocycles. The quantitative estimate of drug-likeness (QED) is 0.219. The van der Waals surface area contributed by atoms with Crippen LogP contribution in [-0.4, -0.2) is 99.6 Å². The highest BCUT2D eigenvalue weighted by Crippen LogP contribution is 1.85. The van der Waals surface area contributed by atoms with E-state index in [1.807, 2.05) is 0 Å². The summed E-state index contributed by atoms with van der Waals surface area (Å²) in [5.41, 5.74) is 0. The Hall–Kier alpha value is -0.450. The van der Waals surface area contributed by atoms with E-state index in [4.69, 9.17) is 33.2 Å². The smallest absolute Gasteiger partial charge is 0.213 e. The minimum atomic E-state index is 0.496. The van der Waals surface area contributed by atoms with Crippen LogP contribution < -0.4 is 0 Å². The van der Waals surface area contributed by atoms with Gasteiger partial charge in [-0.2, -0.15) is 4.74 Å². The van der Waals surface area contributed by atoms with Crippen molar-refractivity contribution in [2.45, 2.75) is 0 Å². The molecule has 0 aromatic rings. The van der Waals surface area contributed by atoms with Crippen molar-refractivity contribution >= 4 is 0 Å². The zero-order chi connectivity index (χ0) is 17.6. The second-order valence-corrected chi connectivity index (χ2v) is 4.58. The maximum Gasteiger partial charge on any atom is 0.213 e. The molecule has 0 radical (unpaired) electrons. The van der Waals surface area contributed by atoms with Gasteiger partial charge >= 0.3 is 0 Å². The average Bonchev–Trinajstić information content (AvgIpc) is 2.60. The van der Waals surface area contributed by atoms with Crippen LogP contribution in [0.1, 0.15) is 0 Å². The Bertz CT molecular complexity index is 196. The van der Waals surface area contributed by atoms with Crippen LogP contribution in [0.5, 0.6) is 0 Å². The highest BCUT2D eigenvalue weighted by Gasteiger charge is 1.94. The van der Waals surface area contributed by atoms with Crippen molar-refractivity contribution in [1.82, 2.24) is 0 Å². The van der Waals surface area contributed by atoms with Crippen molar-refractivity contribution < 1.29 is 37.9 Å². The predicted molar refractivity (Wildman–Crippen MR) is 88.1 cm³/mol. The molecular weight excluding hydrogens is 320 g/mol. The van der Waals surface area contributed by atoms with Crippen LogP contribution >= 0.6 is 0 Å². The predicted octanol–water partition coefficient (Wildman–Crippen LogP) is 0.541. The number of hydrogen-bond donors (Lipinski definition) is 0. The summed E-state index contributed by atoms with van der Waals surface area (Å²) in [7, 11) is 4.90. The normalized spacial score (nSPS) is 11.2. The maximum atomic E-state index is 5.37. The van der Waals surface area contributed by atoms with Crippen LogP contribution in [0.4, 0.5) is 0 Å². The van der Waals surface area contributed by atoms with Crippen molar-refractivity contribution in [3.05, 3.63) is 7.11 Å². The van der Waals surface area contributed by atoms with Gasteiger partial charge in [0.2, 0.25) is 7.11 Å². The largest absolute Gasteiger partial charge is 0.382 e. The molecule has 0 unspecified atom stereocenters. The molecule has 8 nitrogen and oxygen atoms in total. The molecule has 0 N–H and O–H groups in total. The Kier molecular flexibility index (Phi) is 22.1. The van der Waals surface area contributed by atoms with Gasteiger partial charge in [-0.05, 0) is 0 Å². The monoisotopic (exact) mass is 353 g/mol. The third-order valence-corrected chi connectivity index (χ3v) is 2.66. The minimum absolute atomic E-state index is 0.496. The van der Waals surface area contributed by atoms with Gasteiger partial charge < -0.3 is 33.2 Å². The first-order chi connectivity index (χ1) is 11.9. The Morgan fingerprint density at radius 2 is 0.667 bits per heavy atom. The summed E-state index contributed by atoms with van der Waals surface area (Å²) in [6, 6.07) is 0. The number of ether oxygens (including phenoxy) is 8. The highest BCUT2D eigenvalue weighted by molar-refractivity contribution is 4.37. The van der Waals surface area contributed by atoms with Crippen LogP contribution in [0.2, 0.25) is 0 Å². The van der Waals surface area contributed by atoms with Gasteiger partial charge in [0.05, 0.1) is 85.9 Å². The summed E-state index contributed by atoms with van der Waals surface area (Å²) in [6.45, 7) is 7.72. The summed E-state index contributed by atoms with van der Waals surface area (Å²) in [5.74, 6) is 0. The number of hydrogen-bond acceptors (Lipinski definition) is 8. The SMILES string of the molecule is [CH2+]OCCOCCOCCOCCOCCOCCOCCOC. The highest BCUT2D eigenvalue weighted by atomic mass is 16.6. The molecule has 144 valence electrons. The van der Waals surface area contributed by atoms with Gasteiger partial charge in [0.25, 0.3) is 0 Å². The average molecular weight is 353 g/mol. The summed E-state index contributed by atoms with van der Waals surface area (Å²) >= 11 is 0. The van der Waals surface area contributed by atoms with Gasteiger partial charge in [-0.15, -0.1) is 0 Å². The molecule has 8 heteroatoms. The third kappa shape index (κ3) is 21.6. The van der Waals surface area contributed by atoms with Crippen molar-refractivity contribution in [2.24, 2.45) is 0 Å². The van der Waals surface area contributed by atoms with E-state index in [1.54, 1.807) is 7.11 Å². The van der Waals surface area contributed by atoms with Gasteiger partial charge in [0, 0.05) is 7.11 Å². The van der Waals surface area contributed by atoms with Gasteiger partial charge in [-0.3, -0.25) is 0 Å². The lowest BCUT2D eigenvalue weighted by Crippen LogP contribution is -2.14. The van der Waals surface area contributed by atoms with Gasteiger partial charge in [-0.1, -0.05) is 0 Å². The molecule has 0 aliphatic carbocycles. The van der Waals surface area contributed by atoms with E-state index >= 15 is 0 Å². The fraction of sp³-hybridized carbons (Fsp3) is 0.938. The third-order valence-electron chi connectivity index (χ3n) is 2.66. The molecule has 0 heterocycles. The first kappa shape index (κ1) is 23.5. The molecule has 0 spiro atoms. The lowest BCUT2D eigenvalue weighted by atomic mass is 10.6. The second kappa shape index (κ2) is 22.6. The first-order valence-electron chi connectivity index (χ1n) is 8.24. The molecule has 0 amide bonds. The van der Waals surface area contributed by atoms with E-state index in [0.29, 0.717) is 92.5 Å². The summed E-state index contributed by atoms with van der Waals surface area (Å²) in [6.07, 6.45) is 0. The molecule has 0 fully saturated rings. The lowest BCUT2D eigenvalue weighted by molar-refractivity contribution is -0.0205. The van der Waals surface area contributed by atoms with Gasteiger partial charge in [0.1, 0.15) is 6.61 Å². The molecule has 0 rings (SSSR count). The zero-order valence-electron chi connectivity index (χ0n) is 14.9. The van der Waals surface area contributed by atoms with E-state index in [0.717, 1.165) is 0 Å². The Morgan fingerprint density at radius 1 is 0.417 bits per heavy atom. The fourth-order valence-electron chi connectivity index (χ4n) is 1.46. The van der Waals surface area contributed by atoms with E-state index < -0.39 is 0 Å². The van der Waals surface area contributed by atoms with E-state index in [1.165, 1.54) is 0 Å². The standard InChI is InChI=1S/C16H33O8/c1-17-3-5-19-7-9-21-11-13-23-15-16-24-14-12-22-10-8-20-6-4-18-2/h1,3-16H2,2H3/q+1. The van der Waals surface area contributed by atoms with Crippen LogP contribution in [0.3, 0.4) is 0 Å². The van der Waals surface area contributed by atoms with Crippen LogP contribution in [-0.2, 0) is 37.9 Å². The number of rotatable bonds is 21. The molecule has 0 aromatic carbocycles. The maximum absolute atomic E-state index is 5.37. The van der Waals surface area contributed by atoms with Crippen molar-refractivity contribution in [1.29, 1.82) is 0 Å². The van der Waals surface area contributed by atoms with Gasteiger partial charge in [-0.25, -0.2) is 0 Å². The molecule has 0 saturated carbocycles. The van der Waals surface area contributed by atoms with Crippen LogP contribution in [0.15, 0.2) is 0 Å². The summed E-state index contributed by atoms with van der Waals surface area (Å²) in [4.78, 5) is 0. The molecular formula is C16H33O8+. The second-order valence-electron chi connectivity index (χ2n) is 4.58. The van der Waals surface area contributed by atoms with Crippen molar-refractivity contribution in [2.75, 3.05) is 99.6 Å². The van der Waals surface area contributed by atoms with Crippen molar-refractivity contribution in [3.8, 4) is 0 Å². The van der Waals surface area contributed by atoms with Crippen LogP contribution in [0.25, 0.3) is 0 Å². The van der Waals surface area contributed by atoms with Crippen LogP contribution in [0, 0.1) is 7.11 Å². The van der Waals surface area contributed by atoms with Crippen molar-refractivity contribution in [3.63, 3.8) is 0 Å². The topological polar surface area (TPSA) is 73.8 Å². The molecule has 0 aliphatic rings. The first-order valence-corrected chi connectivity index (χ1v) is 8.24. The summed E-state index contributed by atoms with van der Waals surface area (Å²) < 4.78 is 41.4. The molecule has 0 saturated heterocycles. The summed E-state index contributed by atoms with van der Waals surface area (Å²) in [5, 5.41) is 0. The Labute approximate surface area is 145 Å². The zero-order valence-corrected chi connectivity index (χ0v) is 14.9. The lowest BCUT2D eigenvalue weighted by Gasteiger charge is -2.08. The minimum Gasteiger partial charge on any atom is -0.382 e. The molecule has 0 bridgehead atoms. The molecule has 24 heavy (non-hydrogen) atoms. The number of methoxy groups -OCH3 is 1. The molecule has 0 atom stereocenters.